The van der Waals surface area contributed by atoms with Crippen molar-refractivity contribution in [3.8, 4) is 0 Å². The second-order valence-electron chi connectivity index (χ2n) is 8.55. The van der Waals surface area contributed by atoms with Crippen LogP contribution in [0.2, 0.25) is 0 Å². The molecule has 0 saturated heterocycles. The maximum absolute atomic E-state index is 12.6. The van der Waals surface area contributed by atoms with Crippen LogP contribution in [-0.2, 0) is 16.0 Å². The van der Waals surface area contributed by atoms with E-state index in [0.29, 0.717) is 0 Å². The zero-order chi connectivity index (χ0) is 24.9. The van der Waals surface area contributed by atoms with Crippen molar-refractivity contribution < 1.29 is 14.5 Å². The van der Waals surface area contributed by atoms with Gasteiger partial charge < -0.3 is 20.4 Å². The number of hydrogen-bond donors (Lipinski definition) is 2. The van der Waals surface area contributed by atoms with Crippen molar-refractivity contribution in [2.24, 2.45) is 0 Å². The largest absolute Gasteiger partial charge is 0.378 e. The molecule has 0 bridgehead atoms. The van der Waals surface area contributed by atoms with Gasteiger partial charge in [-0.3, -0.25) is 19.7 Å². The maximum atomic E-state index is 12.6. The molecule has 0 radical (unpaired) electrons. The van der Waals surface area contributed by atoms with E-state index in [1.165, 1.54) is 29.8 Å². The van der Waals surface area contributed by atoms with Crippen LogP contribution in [0.4, 0.5) is 22.7 Å². The van der Waals surface area contributed by atoms with E-state index in [1.54, 1.807) is 0 Å². The lowest BCUT2D eigenvalue weighted by molar-refractivity contribution is -0.384. The van der Waals surface area contributed by atoms with Crippen LogP contribution >= 0.6 is 0 Å². The van der Waals surface area contributed by atoms with Gasteiger partial charge in [0, 0.05) is 56.4 Å². The van der Waals surface area contributed by atoms with Gasteiger partial charge in [-0.05, 0) is 41.8 Å². The number of amides is 2. The maximum Gasteiger partial charge on any atom is 0.313 e. The molecule has 1 aliphatic heterocycles. The average Bonchev–Trinajstić information content (AvgIpc) is 3.28. The molecule has 35 heavy (non-hydrogen) atoms. The number of para-hydroxylation sites is 1. The van der Waals surface area contributed by atoms with Gasteiger partial charge in [-0.2, -0.15) is 0 Å². The number of benzene rings is 3. The summed E-state index contributed by atoms with van der Waals surface area (Å²) in [6.07, 6.45) is 0.906. The SMILES string of the molecule is CN(C)c1ccc([C@@H](CNC(=O)C(=O)Nc2cccc([N+](=O)[O-])c2)N2CCc3ccccc32)cc1. The van der Waals surface area contributed by atoms with E-state index in [-0.39, 0.29) is 24.0 Å². The Morgan fingerprint density at radius 1 is 1.03 bits per heavy atom. The third-order valence-corrected chi connectivity index (χ3v) is 6.07. The molecule has 4 rings (SSSR count). The van der Waals surface area contributed by atoms with Gasteiger partial charge in [-0.25, -0.2) is 0 Å². The second-order valence-corrected chi connectivity index (χ2v) is 8.55. The molecular weight excluding hydrogens is 446 g/mol. The second kappa shape index (κ2) is 10.3. The lowest BCUT2D eigenvalue weighted by Crippen LogP contribution is -2.41. The van der Waals surface area contributed by atoms with Gasteiger partial charge in [0.05, 0.1) is 11.0 Å². The van der Waals surface area contributed by atoms with Gasteiger partial charge in [0.1, 0.15) is 0 Å². The Balaban J connectivity index is 1.50. The van der Waals surface area contributed by atoms with Crippen LogP contribution in [0.3, 0.4) is 0 Å². The summed E-state index contributed by atoms with van der Waals surface area (Å²) in [7, 11) is 3.95. The van der Waals surface area contributed by atoms with E-state index in [4.69, 9.17) is 0 Å². The minimum Gasteiger partial charge on any atom is -0.378 e. The van der Waals surface area contributed by atoms with Gasteiger partial charge in [0.2, 0.25) is 0 Å². The molecule has 1 aliphatic rings. The summed E-state index contributed by atoms with van der Waals surface area (Å²) >= 11 is 0. The molecule has 0 fully saturated rings. The van der Waals surface area contributed by atoms with Crippen molar-refractivity contribution in [2.75, 3.05) is 42.3 Å². The molecular formula is C26H27N5O4. The summed E-state index contributed by atoms with van der Waals surface area (Å²) in [5.74, 6) is -1.69. The van der Waals surface area contributed by atoms with E-state index < -0.39 is 16.7 Å². The van der Waals surface area contributed by atoms with Gasteiger partial charge in [-0.15, -0.1) is 0 Å². The van der Waals surface area contributed by atoms with Crippen molar-refractivity contribution in [2.45, 2.75) is 12.5 Å². The first kappa shape index (κ1) is 23.7. The lowest BCUT2D eigenvalue weighted by Gasteiger charge is -2.31. The van der Waals surface area contributed by atoms with Crippen molar-refractivity contribution >= 4 is 34.6 Å². The fourth-order valence-corrected chi connectivity index (χ4v) is 4.24. The fraction of sp³-hybridized carbons (Fsp3) is 0.231. The quantitative estimate of drug-likeness (QED) is 0.309. The number of nitrogens with zero attached hydrogens (tertiary/aromatic N) is 3. The summed E-state index contributed by atoms with van der Waals surface area (Å²) in [4.78, 5) is 39.8. The zero-order valence-corrected chi connectivity index (χ0v) is 19.6. The van der Waals surface area contributed by atoms with Crippen molar-refractivity contribution in [3.63, 3.8) is 0 Å². The van der Waals surface area contributed by atoms with Crippen molar-refractivity contribution in [1.29, 1.82) is 0 Å². The Morgan fingerprint density at radius 3 is 2.49 bits per heavy atom. The van der Waals surface area contributed by atoms with Crippen molar-refractivity contribution in [3.05, 3.63) is 94.0 Å². The standard InChI is InChI=1S/C26H27N5O4/c1-29(2)21-12-10-19(11-13-21)24(30-15-14-18-6-3-4-9-23(18)30)17-27-25(32)26(33)28-20-7-5-8-22(16-20)31(34)35/h3-13,16,24H,14-15,17H2,1-2H3,(H,27,32)(H,28,33)/t24-/m1/s1. The molecule has 2 amide bonds. The predicted molar refractivity (Wildman–Crippen MR) is 136 cm³/mol. The smallest absolute Gasteiger partial charge is 0.313 e. The van der Waals surface area contributed by atoms with Crippen LogP contribution in [0.1, 0.15) is 17.2 Å². The summed E-state index contributed by atoms with van der Waals surface area (Å²) in [5, 5.41) is 16.1. The monoisotopic (exact) mass is 473 g/mol. The first-order valence-electron chi connectivity index (χ1n) is 11.3. The van der Waals surface area contributed by atoms with Gasteiger partial charge in [0.25, 0.3) is 5.69 Å². The topological polar surface area (TPSA) is 108 Å². The highest BCUT2D eigenvalue weighted by Crippen LogP contribution is 2.35. The summed E-state index contributed by atoms with van der Waals surface area (Å²) < 4.78 is 0. The number of hydrogen-bond acceptors (Lipinski definition) is 6. The predicted octanol–water partition coefficient (Wildman–Crippen LogP) is 3.52. The molecule has 0 spiro atoms. The molecule has 0 saturated carbocycles. The third-order valence-electron chi connectivity index (χ3n) is 6.07. The zero-order valence-electron chi connectivity index (χ0n) is 19.6. The fourth-order valence-electron chi connectivity index (χ4n) is 4.24. The highest BCUT2D eigenvalue weighted by Gasteiger charge is 2.28. The number of anilines is 3. The van der Waals surface area contributed by atoms with E-state index in [2.05, 4.69) is 27.7 Å². The third kappa shape index (κ3) is 5.40. The van der Waals surface area contributed by atoms with E-state index in [0.717, 1.165) is 29.9 Å². The Morgan fingerprint density at radius 2 is 1.77 bits per heavy atom. The Kier molecular flexibility index (Phi) is 6.96. The van der Waals surface area contributed by atoms with Gasteiger partial charge in [0.15, 0.2) is 0 Å². The van der Waals surface area contributed by atoms with E-state index >= 15 is 0 Å². The molecule has 180 valence electrons. The highest BCUT2D eigenvalue weighted by atomic mass is 16.6. The molecule has 0 aliphatic carbocycles. The number of non-ortho nitro benzene ring substituents is 1. The average molecular weight is 474 g/mol. The van der Waals surface area contributed by atoms with Crippen LogP contribution in [0.5, 0.6) is 0 Å². The summed E-state index contributed by atoms with van der Waals surface area (Å²) in [6, 6.07) is 21.6. The number of fused-ring (bicyclic) bond motifs is 1. The molecule has 9 heteroatoms. The molecule has 1 heterocycles. The lowest BCUT2D eigenvalue weighted by atomic mass is 10.0. The Labute approximate surface area is 203 Å². The number of rotatable bonds is 7. The number of nitro groups is 1. The first-order valence-corrected chi connectivity index (χ1v) is 11.3. The molecule has 3 aromatic carbocycles. The normalized spacial score (nSPS) is 13.0. The molecule has 1 atom stereocenters. The number of nitro benzene ring substituents is 1. The summed E-state index contributed by atoms with van der Waals surface area (Å²) in [6.45, 7) is 1.02. The van der Waals surface area contributed by atoms with Crippen LogP contribution in [0.15, 0.2) is 72.8 Å². The minimum absolute atomic E-state index is 0.169. The number of carbonyl (C=O) groups excluding carboxylic acids is 2. The molecule has 2 N–H and O–H groups in total. The van der Waals surface area contributed by atoms with Crippen LogP contribution in [-0.4, -0.2) is 43.9 Å². The summed E-state index contributed by atoms with van der Waals surface area (Å²) in [5.41, 5.74) is 4.46. The molecule has 3 aromatic rings. The van der Waals surface area contributed by atoms with Gasteiger partial charge in [-0.1, -0.05) is 36.4 Å². The highest BCUT2D eigenvalue weighted by molar-refractivity contribution is 6.39. The van der Waals surface area contributed by atoms with Crippen LogP contribution < -0.4 is 20.4 Å². The Hall–Kier alpha value is -4.40. The minimum atomic E-state index is -0.881. The molecule has 0 aromatic heterocycles. The number of nitrogens with one attached hydrogen (secondary N) is 2. The van der Waals surface area contributed by atoms with Crippen molar-refractivity contribution in [1.82, 2.24) is 5.32 Å². The Bertz CT molecular complexity index is 1240. The van der Waals surface area contributed by atoms with Gasteiger partial charge >= 0.3 is 11.8 Å². The van der Waals surface area contributed by atoms with E-state index in [1.807, 2.05) is 55.4 Å². The first-order chi connectivity index (χ1) is 16.8. The number of carbonyl (C=O) groups is 2. The van der Waals surface area contributed by atoms with E-state index in [9.17, 15) is 19.7 Å². The molecule has 0 unspecified atom stereocenters. The van der Waals surface area contributed by atoms with Crippen LogP contribution in [0, 0.1) is 10.1 Å². The van der Waals surface area contributed by atoms with Crippen LogP contribution in [0.25, 0.3) is 0 Å². The molecule has 9 nitrogen and oxygen atoms in total.